The second-order valence-corrected chi connectivity index (χ2v) is 4.54. The van der Waals surface area contributed by atoms with Crippen LogP contribution in [0.2, 0.25) is 0 Å². The molecule has 1 aromatic heterocycles. The number of carbonyl (C=O) groups excluding carboxylic acids is 1. The molecular formula is C9H8N2OS2. The first-order valence-corrected chi connectivity index (χ1v) is 5.57. The average molecular weight is 224 g/mol. The SMILES string of the molecule is O=C(c1ccncc1)N1CCSC1=S. The van der Waals surface area contributed by atoms with Crippen molar-refractivity contribution >= 4 is 34.2 Å². The van der Waals surface area contributed by atoms with E-state index in [0.29, 0.717) is 16.4 Å². The molecule has 0 aromatic carbocycles. The first-order valence-electron chi connectivity index (χ1n) is 4.17. The van der Waals surface area contributed by atoms with Gasteiger partial charge in [-0.25, -0.2) is 0 Å². The lowest BCUT2D eigenvalue weighted by Gasteiger charge is -2.13. The monoisotopic (exact) mass is 224 g/mol. The van der Waals surface area contributed by atoms with E-state index in [1.807, 2.05) is 0 Å². The van der Waals surface area contributed by atoms with Gasteiger partial charge in [-0.3, -0.25) is 14.7 Å². The summed E-state index contributed by atoms with van der Waals surface area (Å²) in [5.41, 5.74) is 0.643. The molecule has 0 saturated carbocycles. The van der Waals surface area contributed by atoms with Gasteiger partial charge in [-0.15, -0.1) is 0 Å². The highest BCUT2D eigenvalue weighted by atomic mass is 32.2. The van der Waals surface area contributed by atoms with E-state index in [-0.39, 0.29) is 5.91 Å². The van der Waals surface area contributed by atoms with Crippen LogP contribution in [0.4, 0.5) is 0 Å². The zero-order valence-corrected chi connectivity index (χ0v) is 8.98. The third-order valence-corrected chi connectivity index (χ3v) is 3.36. The molecule has 1 amide bonds. The van der Waals surface area contributed by atoms with Gasteiger partial charge in [0.15, 0.2) is 0 Å². The van der Waals surface area contributed by atoms with Gasteiger partial charge in [0.1, 0.15) is 4.32 Å². The summed E-state index contributed by atoms with van der Waals surface area (Å²) in [6.07, 6.45) is 3.22. The second-order valence-electron chi connectivity index (χ2n) is 2.81. The highest BCUT2D eigenvalue weighted by Crippen LogP contribution is 2.19. The Hall–Kier alpha value is -0.940. The van der Waals surface area contributed by atoms with Gasteiger partial charge in [-0.2, -0.15) is 0 Å². The lowest BCUT2D eigenvalue weighted by atomic mass is 10.2. The van der Waals surface area contributed by atoms with Crippen LogP contribution in [0.25, 0.3) is 0 Å². The topological polar surface area (TPSA) is 33.2 Å². The van der Waals surface area contributed by atoms with E-state index in [4.69, 9.17) is 12.2 Å². The van der Waals surface area contributed by atoms with Crippen molar-refractivity contribution in [2.75, 3.05) is 12.3 Å². The van der Waals surface area contributed by atoms with Crippen LogP contribution in [0.15, 0.2) is 24.5 Å². The summed E-state index contributed by atoms with van der Waals surface area (Å²) in [6, 6.07) is 3.40. The summed E-state index contributed by atoms with van der Waals surface area (Å²) in [5.74, 6) is 0.873. The van der Waals surface area contributed by atoms with E-state index in [0.717, 1.165) is 5.75 Å². The molecule has 1 fully saturated rings. The Bertz CT molecular complexity index is 366. The highest BCUT2D eigenvalue weighted by molar-refractivity contribution is 8.23. The predicted octanol–water partition coefficient (Wildman–Crippen LogP) is 1.56. The molecule has 1 aliphatic rings. The zero-order valence-electron chi connectivity index (χ0n) is 7.34. The molecule has 0 spiro atoms. The minimum atomic E-state index is -0.0256. The smallest absolute Gasteiger partial charge is 0.259 e. The quantitative estimate of drug-likeness (QED) is 0.678. The molecule has 1 saturated heterocycles. The number of thiocarbonyl (C=S) groups is 1. The molecule has 2 rings (SSSR count). The van der Waals surface area contributed by atoms with Crippen molar-refractivity contribution in [2.45, 2.75) is 0 Å². The van der Waals surface area contributed by atoms with Gasteiger partial charge >= 0.3 is 0 Å². The summed E-state index contributed by atoms with van der Waals surface area (Å²) in [6.45, 7) is 0.713. The molecular weight excluding hydrogens is 216 g/mol. The van der Waals surface area contributed by atoms with Crippen molar-refractivity contribution in [3.05, 3.63) is 30.1 Å². The van der Waals surface area contributed by atoms with E-state index < -0.39 is 0 Å². The van der Waals surface area contributed by atoms with Crippen LogP contribution in [0, 0.1) is 0 Å². The van der Waals surface area contributed by atoms with Gasteiger partial charge in [0.25, 0.3) is 5.91 Å². The van der Waals surface area contributed by atoms with Crippen molar-refractivity contribution in [2.24, 2.45) is 0 Å². The summed E-state index contributed by atoms with van der Waals surface area (Å²) in [4.78, 5) is 17.4. The van der Waals surface area contributed by atoms with E-state index in [2.05, 4.69) is 4.98 Å². The first kappa shape index (κ1) is 9.61. The number of thioether (sulfide) groups is 1. The van der Waals surface area contributed by atoms with Crippen LogP contribution < -0.4 is 0 Å². The third-order valence-electron chi connectivity index (χ3n) is 1.93. The Labute approximate surface area is 91.5 Å². The van der Waals surface area contributed by atoms with E-state index >= 15 is 0 Å². The average Bonchev–Trinajstić information content (AvgIpc) is 2.65. The van der Waals surface area contributed by atoms with Crippen LogP contribution in [0.5, 0.6) is 0 Å². The fraction of sp³-hybridized carbons (Fsp3) is 0.222. The fourth-order valence-electron chi connectivity index (χ4n) is 1.23. The number of carbonyl (C=O) groups is 1. The number of nitrogens with zero attached hydrogens (tertiary/aromatic N) is 2. The van der Waals surface area contributed by atoms with Gasteiger partial charge in [-0.05, 0) is 12.1 Å². The molecule has 5 heteroatoms. The summed E-state index contributed by atoms with van der Waals surface area (Å²) < 4.78 is 0.673. The highest BCUT2D eigenvalue weighted by Gasteiger charge is 2.24. The molecule has 0 aliphatic carbocycles. The molecule has 0 radical (unpaired) electrons. The second kappa shape index (κ2) is 4.06. The van der Waals surface area contributed by atoms with Crippen LogP contribution >= 0.6 is 24.0 Å². The Balaban J connectivity index is 2.20. The van der Waals surface area contributed by atoms with Gasteiger partial charge in [0.2, 0.25) is 0 Å². The van der Waals surface area contributed by atoms with E-state index in [9.17, 15) is 4.79 Å². The largest absolute Gasteiger partial charge is 0.293 e. The summed E-state index contributed by atoms with van der Waals surface area (Å²) in [5, 5.41) is 0. The van der Waals surface area contributed by atoms with Crippen molar-refractivity contribution in [3.63, 3.8) is 0 Å². The first-order chi connectivity index (χ1) is 6.79. The Kier molecular flexibility index (Phi) is 2.79. The van der Waals surface area contributed by atoms with Crippen LogP contribution in [0.1, 0.15) is 10.4 Å². The van der Waals surface area contributed by atoms with Crippen LogP contribution in [-0.4, -0.2) is 32.4 Å². The van der Waals surface area contributed by atoms with Crippen molar-refractivity contribution in [1.82, 2.24) is 9.88 Å². The van der Waals surface area contributed by atoms with Crippen LogP contribution in [-0.2, 0) is 0 Å². The minimum Gasteiger partial charge on any atom is -0.293 e. The Morgan fingerprint density at radius 3 is 2.79 bits per heavy atom. The molecule has 0 atom stereocenters. The normalized spacial score (nSPS) is 16.0. The van der Waals surface area contributed by atoms with Gasteiger partial charge in [0, 0.05) is 30.3 Å². The maximum Gasteiger partial charge on any atom is 0.259 e. The molecule has 3 nitrogen and oxygen atoms in total. The van der Waals surface area contributed by atoms with Crippen LogP contribution in [0.3, 0.4) is 0 Å². The molecule has 2 heterocycles. The van der Waals surface area contributed by atoms with Gasteiger partial charge in [-0.1, -0.05) is 24.0 Å². The number of hydrogen-bond donors (Lipinski definition) is 0. The molecule has 1 aromatic rings. The minimum absolute atomic E-state index is 0.0256. The standard InChI is InChI=1S/C9H8N2OS2/c12-8(7-1-3-10-4-2-7)11-5-6-14-9(11)13/h1-4H,5-6H2. The van der Waals surface area contributed by atoms with Crippen molar-refractivity contribution in [3.8, 4) is 0 Å². The van der Waals surface area contributed by atoms with E-state index in [1.165, 1.54) is 0 Å². The fourth-order valence-corrected chi connectivity index (χ4v) is 2.43. The number of amides is 1. The number of pyridine rings is 1. The maximum absolute atomic E-state index is 11.9. The lowest BCUT2D eigenvalue weighted by molar-refractivity contribution is 0.0861. The Morgan fingerprint density at radius 2 is 2.21 bits per heavy atom. The zero-order chi connectivity index (χ0) is 9.97. The van der Waals surface area contributed by atoms with E-state index in [1.54, 1.807) is 41.2 Å². The third kappa shape index (κ3) is 1.78. The van der Waals surface area contributed by atoms with Crippen molar-refractivity contribution in [1.29, 1.82) is 0 Å². The number of aromatic nitrogens is 1. The molecule has 0 bridgehead atoms. The number of hydrogen-bond acceptors (Lipinski definition) is 4. The van der Waals surface area contributed by atoms with Gasteiger partial charge in [0.05, 0.1) is 0 Å². The van der Waals surface area contributed by atoms with Gasteiger partial charge < -0.3 is 0 Å². The lowest BCUT2D eigenvalue weighted by Crippen LogP contribution is -2.30. The Morgan fingerprint density at radius 1 is 1.50 bits per heavy atom. The molecule has 72 valence electrons. The molecule has 0 unspecified atom stereocenters. The maximum atomic E-state index is 11.9. The number of rotatable bonds is 1. The molecule has 1 aliphatic heterocycles. The molecule has 14 heavy (non-hydrogen) atoms. The summed E-state index contributed by atoms with van der Waals surface area (Å²) >= 11 is 6.62. The van der Waals surface area contributed by atoms with Crippen molar-refractivity contribution < 1.29 is 4.79 Å². The molecule has 0 N–H and O–H groups in total. The summed E-state index contributed by atoms with van der Waals surface area (Å²) in [7, 11) is 0. The predicted molar refractivity (Wildman–Crippen MR) is 60.3 cm³/mol.